The lowest BCUT2D eigenvalue weighted by Crippen LogP contribution is -1.94. The lowest BCUT2D eigenvalue weighted by Gasteiger charge is -2.12. The molecule has 6 aromatic rings. The van der Waals surface area contributed by atoms with E-state index in [0.29, 0.717) is 5.15 Å². The molecule has 0 aliphatic carbocycles. The minimum absolute atomic E-state index is 0.420. The summed E-state index contributed by atoms with van der Waals surface area (Å²) in [5.41, 5.74) is 7.47. The van der Waals surface area contributed by atoms with Gasteiger partial charge in [0.1, 0.15) is 5.15 Å². The Bertz CT molecular complexity index is 1570. The highest BCUT2D eigenvalue weighted by Gasteiger charge is 2.18. The van der Waals surface area contributed by atoms with E-state index < -0.39 is 0 Å². The van der Waals surface area contributed by atoms with Gasteiger partial charge >= 0.3 is 0 Å². The van der Waals surface area contributed by atoms with Crippen molar-refractivity contribution in [1.82, 2.24) is 19.9 Å². The Kier molecular flexibility index (Phi) is 4.44. The van der Waals surface area contributed by atoms with Crippen LogP contribution in [0.2, 0.25) is 5.15 Å². The minimum atomic E-state index is 0.420. The summed E-state index contributed by atoms with van der Waals surface area (Å²) in [4.78, 5) is 17.4. The molecule has 0 spiro atoms. The SMILES string of the molecule is Clc1cc(-c2ccccn2)cc(-c2c(-c3ccccn3)ccc3c2[nH]c2ccccc23)n1. The van der Waals surface area contributed by atoms with E-state index in [1.807, 2.05) is 54.6 Å². The first-order chi connectivity index (χ1) is 15.8. The van der Waals surface area contributed by atoms with Gasteiger partial charge in [-0.05, 0) is 42.5 Å². The number of hydrogen-bond acceptors (Lipinski definition) is 3. The van der Waals surface area contributed by atoms with Crippen LogP contribution >= 0.6 is 11.6 Å². The summed E-state index contributed by atoms with van der Waals surface area (Å²) in [5, 5.41) is 2.72. The monoisotopic (exact) mass is 432 g/mol. The Labute approximate surface area is 189 Å². The van der Waals surface area contributed by atoms with Gasteiger partial charge in [0.2, 0.25) is 0 Å². The van der Waals surface area contributed by atoms with Gasteiger partial charge in [-0.15, -0.1) is 0 Å². The van der Waals surface area contributed by atoms with Crippen LogP contribution in [0.1, 0.15) is 0 Å². The van der Waals surface area contributed by atoms with Gasteiger partial charge in [-0.25, -0.2) is 4.98 Å². The Balaban J connectivity index is 1.70. The molecule has 1 N–H and O–H groups in total. The maximum atomic E-state index is 6.51. The number of nitrogens with one attached hydrogen (secondary N) is 1. The molecule has 4 nitrogen and oxygen atoms in total. The number of nitrogens with zero attached hydrogens (tertiary/aromatic N) is 3. The highest BCUT2D eigenvalue weighted by molar-refractivity contribution is 6.30. The number of halogens is 1. The van der Waals surface area contributed by atoms with Crippen LogP contribution in [0.3, 0.4) is 0 Å². The fourth-order valence-corrected chi connectivity index (χ4v) is 4.44. The van der Waals surface area contributed by atoms with E-state index in [1.54, 1.807) is 12.4 Å². The predicted octanol–water partition coefficient (Wildman–Crippen LogP) is 7.16. The number of hydrogen-bond donors (Lipinski definition) is 1. The van der Waals surface area contributed by atoms with Gasteiger partial charge in [-0.1, -0.05) is 54.1 Å². The van der Waals surface area contributed by atoms with Crippen molar-refractivity contribution < 1.29 is 0 Å². The molecule has 152 valence electrons. The van der Waals surface area contributed by atoms with Crippen LogP contribution in [0.15, 0.2) is 97.3 Å². The summed E-state index contributed by atoms with van der Waals surface area (Å²) in [6.45, 7) is 0. The molecule has 0 amide bonds. The van der Waals surface area contributed by atoms with E-state index in [9.17, 15) is 0 Å². The van der Waals surface area contributed by atoms with Crippen molar-refractivity contribution >= 4 is 33.4 Å². The van der Waals surface area contributed by atoms with Gasteiger partial charge in [-0.2, -0.15) is 0 Å². The number of aromatic nitrogens is 4. The molecule has 0 aliphatic heterocycles. The van der Waals surface area contributed by atoms with Crippen LogP contribution in [0.5, 0.6) is 0 Å². The van der Waals surface area contributed by atoms with Crippen molar-refractivity contribution in [2.24, 2.45) is 0 Å². The highest BCUT2D eigenvalue weighted by atomic mass is 35.5. The molecule has 0 saturated carbocycles. The molecule has 4 aromatic heterocycles. The van der Waals surface area contributed by atoms with Crippen molar-refractivity contribution in [3.05, 3.63) is 102 Å². The normalized spacial score (nSPS) is 11.3. The molecule has 0 fully saturated rings. The van der Waals surface area contributed by atoms with E-state index in [4.69, 9.17) is 16.6 Å². The maximum absolute atomic E-state index is 6.51. The zero-order valence-corrected chi connectivity index (χ0v) is 17.7. The molecule has 0 radical (unpaired) electrons. The molecule has 4 heterocycles. The Morgan fingerprint density at radius 3 is 2.19 bits per heavy atom. The summed E-state index contributed by atoms with van der Waals surface area (Å²) in [5.74, 6) is 0. The average molecular weight is 433 g/mol. The van der Waals surface area contributed by atoms with E-state index in [1.165, 1.54) is 5.39 Å². The fourth-order valence-electron chi connectivity index (χ4n) is 4.23. The molecular formula is C27H17ClN4. The molecule has 5 heteroatoms. The molecular weight excluding hydrogens is 416 g/mol. The van der Waals surface area contributed by atoms with Gasteiger partial charge in [0.15, 0.2) is 0 Å². The van der Waals surface area contributed by atoms with Gasteiger partial charge in [0.05, 0.1) is 22.6 Å². The standard InChI is InChI=1S/C27H17ClN4/c28-25-16-17(21-8-3-5-13-29-21)15-24(31-25)26-20(22-9-4-6-14-30-22)12-11-19-18-7-1-2-10-23(18)32-27(19)26/h1-16,32H. The van der Waals surface area contributed by atoms with Crippen LogP contribution in [0.25, 0.3) is 55.6 Å². The number of H-pyrrole nitrogens is 1. The van der Waals surface area contributed by atoms with Crippen molar-refractivity contribution in [2.45, 2.75) is 0 Å². The van der Waals surface area contributed by atoms with Gasteiger partial charge in [-0.3, -0.25) is 9.97 Å². The van der Waals surface area contributed by atoms with Crippen molar-refractivity contribution in [1.29, 1.82) is 0 Å². The van der Waals surface area contributed by atoms with Crippen molar-refractivity contribution in [3.8, 4) is 33.8 Å². The lowest BCUT2D eigenvalue weighted by molar-refractivity contribution is 1.28. The first-order valence-corrected chi connectivity index (χ1v) is 10.7. The summed E-state index contributed by atoms with van der Waals surface area (Å²) in [6, 6.07) is 28.2. The van der Waals surface area contributed by atoms with Crippen LogP contribution in [-0.2, 0) is 0 Å². The molecule has 0 unspecified atom stereocenters. The number of para-hydroxylation sites is 1. The van der Waals surface area contributed by atoms with E-state index in [2.05, 4.69) is 45.3 Å². The summed E-state index contributed by atoms with van der Waals surface area (Å²) in [7, 11) is 0. The van der Waals surface area contributed by atoms with Crippen LogP contribution in [0.4, 0.5) is 0 Å². The predicted molar refractivity (Wildman–Crippen MR) is 131 cm³/mol. The summed E-state index contributed by atoms with van der Waals surface area (Å²) >= 11 is 6.51. The molecule has 2 aromatic carbocycles. The molecule has 32 heavy (non-hydrogen) atoms. The second-order valence-electron chi connectivity index (χ2n) is 7.58. The number of benzene rings is 2. The van der Waals surface area contributed by atoms with Crippen molar-refractivity contribution in [2.75, 3.05) is 0 Å². The zero-order valence-electron chi connectivity index (χ0n) is 17.0. The largest absolute Gasteiger partial charge is 0.354 e. The number of pyridine rings is 3. The second-order valence-corrected chi connectivity index (χ2v) is 7.96. The second kappa shape index (κ2) is 7.59. The maximum Gasteiger partial charge on any atom is 0.130 e. The van der Waals surface area contributed by atoms with E-state index >= 15 is 0 Å². The van der Waals surface area contributed by atoms with Crippen LogP contribution in [-0.4, -0.2) is 19.9 Å². The Morgan fingerprint density at radius 2 is 1.41 bits per heavy atom. The summed E-state index contributed by atoms with van der Waals surface area (Å²) in [6.07, 6.45) is 3.58. The number of aromatic amines is 1. The molecule has 0 aliphatic rings. The average Bonchev–Trinajstić information content (AvgIpc) is 3.23. The van der Waals surface area contributed by atoms with Crippen molar-refractivity contribution in [3.63, 3.8) is 0 Å². The topological polar surface area (TPSA) is 54.5 Å². The lowest BCUT2D eigenvalue weighted by atomic mass is 9.96. The fraction of sp³-hybridized carbons (Fsp3) is 0. The van der Waals surface area contributed by atoms with Crippen LogP contribution < -0.4 is 0 Å². The first-order valence-electron chi connectivity index (χ1n) is 10.3. The quantitative estimate of drug-likeness (QED) is 0.302. The summed E-state index contributed by atoms with van der Waals surface area (Å²) < 4.78 is 0. The zero-order chi connectivity index (χ0) is 21.5. The minimum Gasteiger partial charge on any atom is -0.354 e. The number of rotatable bonds is 3. The van der Waals surface area contributed by atoms with Gasteiger partial charge in [0, 0.05) is 45.4 Å². The van der Waals surface area contributed by atoms with Crippen LogP contribution in [0, 0.1) is 0 Å². The molecule has 0 saturated heterocycles. The van der Waals surface area contributed by atoms with E-state index in [0.717, 1.165) is 50.2 Å². The number of fused-ring (bicyclic) bond motifs is 3. The smallest absolute Gasteiger partial charge is 0.130 e. The van der Waals surface area contributed by atoms with E-state index in [-0.39, 0.29) is 0 Å². The van der Waals surface area contributed by atoms with Gasteiger partial charge < -0.3 is 4.98 Å². The Hall–Kier alpha value is -4.02. The third-order valence-electron chi connectivity index (χ3n) is 5.63. The third-order valence-corrected chi connectivity index (χ3v) is 5.83. The Morgan fingerprint density at radius 1 is 0.656 bits per heavy atom. The van der Waals surface area contributed by atoms with Gasteiger partial charge in [0.25, 0.3) is 0 Å². The molecule has 0 atom stereocenters. The highest BCUT2D eigenvalue weighted by Crippen LogP contribution is 2.40. The first kappa shape index (κ1) is 18.7. The molecule has 6 rings (SSSR count). The molecule has 0 bridgehead atoms. The third kappa shape index (κ3) is 3.13.